The molecule has 1 fully saturated rings. The van der Waals surface area contributed by atoms with Crippen LogP contribution in [-0.4, -0.2) is 20.2 Å². The van der Waals surface area contributed by atoms with Gasteiger partial charge in [-0.05, 0) is 25.0 Å². The second-order valence-corrected chi connectivity index (χ2v) is 6.44. The molecule has 82 valence electrons. The Hall–Kier alpha value is -0.870. The third-order valence-electron chi connectivity index (χ3n) is 2.93. The standard InChI is InChI=1S/C11H15NO2S/c1-7-3-4-9(8(2)5-7)11-10(12)6-15(11,13)14/h3-5,10-11H,6,12H2,1-2H3. The molecule has 0 saturated carbocycles. The molecule has 1 heterocycles. The zero-order valence-corrected chi connectivity index (χ0v) is 9.71. The maximum atomic E-state index is 11.6. The van der Waals surface area contributed by atoms with Crippen molar-refractivity contribution in [2.24, 2.45) is 5.73 Å². The number of benzene rings is 1. The van der Waals surface area contributed by atoms with Crippen LogP contribution >= 0.6 is 0 Å². The minimum absolute atomic E-state index is 0.116. The van der Waals surface area contributed by atoms with Gasteiger partial charge in [-0.2, -0.15) is 0 Å². The lowest BCUT2D eigenvalue weighted by Gasteiger charge is -2.34. The molecule has 1 aromatic carbocycles. The van der Waals surface area contributed by atoms with Crippen molar-refractivity contribution < 1.29 is 8.42 Å². The maximum absolute atomic E-state index is 11.6. The number of hydrogen-bond donors (Lipinski definition) is 1. The molecule has 2 unspecified atom stereocenters. The fourth-order valence-corrected chi connectivity index (χ4v) is 4.03. The normalized spacial score (nSPS) is 28.5. The molecule has 0 aliphatic carbocycles. The van der Waals surface area contributed by atoms with E-state index >= 15 is 0 Å². The minimum Gasteiger partial charge on any atom is -0.325 e. The zero-order valence-electron chi connectivity index (χ0n) is 8.90. The van der Waals surface area contributed by atoms with Gasteiger partial charge in [0, 0.05) is 6.04 Å². The van der Waals surface area contributed by atoms with Crippen LogP contribution in [0.25, 0.3) is 0 Å². The van der Waals surface area contributed by atoms with Crippen molar-refractivity contribution >= 4 is 9.84 Å². The zero-order chi connectivity index (χ0) is 11.2. The Labute approximate surface area is 90.2 Å². The Morgan fingerprint density at radius 1 is 1.33 bits per heavy atom. The number of rotatable bonds is 1. The summed E-state index contributed by atoms with van der Waals surface area (Å²) in [7, 11) is -2.98. The lowest BCUT2D eigenvalue weighted by molar-refractivity contribution is 0.522. The average Bonchev–Trinajstić information content (AvgIpc) is 2.08. The third-order valence-corrected chi connectivity index (χ3v) is 5.16. The van der Waals surface area contributed by atoms with Gasteiger partial charge in [-0.3, -0.25) is 0 Å². The summed E-state index contributed by atoms with van der Waals surface area (Å²) in [5.74, 6) is 0.116. The first-order valence-electron chi connectivity index (χ1n) is 4.96. The van der Waals surface area contributed by atoms with Gasteiger partial charge in [0.15, 0.2) is 9.84 Å². The first kappa shape index (κ1) is 10.6. The van der Waals surface area contributed by atoms with E-state index in [1.54, 1.807) is 0 Å². The lowest BCUT2D eigenvalue weighted by Crippen LogP contribution is -2.50. The Kier molecular flexibility index (Phi) is 2.35. The van der Waals surface area contributed by atoms with Crippen LogP contribution < -0.4 is 5.73 Å². The molecule has 0 radical (unpaired) electrons. The SMILES string of the molecule is Cc1ccc(C2C(N)CS2(=O)=O)c(C)c1. The van der Waals surface area contributed by atoms with Gasteiger partial charge in [0.2, 0.25) is 0 Å². The fraction of sp³-hybridized carbons (Fsp3) is 0.455. The van der Waals surface area contributed by atoms with E-state index in [0.717, 1.165) is 16.7 Å². The summed E-state index contributed by atoms with van der Waals surface area (Å²) >= 11 is 0. The predicted octanol–water partition coefficient (Wildman–Crippen LogP) is 1.10. The second kappa shape index (κ2) is 3.32. The number of hydrogen-bond acceptors (Lipinski definition) is 3. The van der Waals surface area contributed by atoms with Crippen LogP contribution in [0.2, 0.25) is 0 Å². The Balaban J connectivity index is 2.46. The molecule has 15 heavy (non-hydrogen) atoms. The van der Waals surface area contributed by atoms with Crippen LogP contribution in [0.15, 0.2) is 18.2 Å². The van der Waals surface area contributed by atoms with Gasteiger partial charge >= 0.3 is 0 Å². The van der Waals surface area contributed by atoms with Gasteiger partial charge in [0.25, 0.3) is 0 Å². The number of sulfone groups is 1. The molecule has 0 aromatic heterocycles. The van der Waals surface area contributed by atoms with E-state index in [0.29, 0.717) is 0 Å². The van der Waals surface area contributed by atoms with Gasteiger partial charge < -0.3 is 5.73 Å². The monoisotopic (exact) mass is 225 g/mol. The molecule has 1 aliphatic heterocycles. The van der Waals surface area contributed by atoms with E-state index in [9.17, 15) is 8.42 Å². The highest BCUT2D eigenvalue weighted by atomic mass is 32.2. The van der Waals surface area contributed by atoms with E-state index in [1.165, 1.54) is 0 Å². The Bertz CT molecular complexity index is 493. The van der Waals surface area contributed by atoms with Crippen LogP contribution in [0.5, 0.6) is 0 Å². The van der Waals surface area contributed by atoms with Gasteiger partial charge in [-0.1, -0.05) is 23.8 Å². The minimum atomic E-state index is -2.98. The predicted molar refractivity (Wildman–Crippen MR) is 60.4 cm³/mol. The summed E-state index contributed by atoms with van der Waals surface area (Å²) in [6, 6.07) is 5.57. The van der Waals surface area contributed by atoms with Crippen LogP contribution in [0.1, 0.15) is 21.9 Å². The first-order valence-corrected chi connectivity index (χ1v) is 6.67. The molecule has 2 N–H and O–H groups in total. The molecule has 4 heteroatoms. The Morgan fingerprint density at radius 2 is 2.00 bits per heavy atom. The summed E-state index contributed by atoms with van der Waals surface area (Å²) in [6.45, 7) is 3.93. The smallest absolute Gasteiger partial charge is 0.160 e. The molecular formula is C11H15NO2S. The molecule has 2 rings (SSSR count). The third kappa shape index (κ3) is 1.68. The van der Waals surface area contributed by atoms with Crippen LogP contribution in [-0.2, 0) is 9.84 Å². The summed E-state index contributed by atoms with van der Waals surface area (Å²) in [6.07, 6.45) is 0. The van der Waals surface area contributed by atoms with Crippen molar-refractivity contribution in [3.8, 4) is 0 Å². The van der Waals surface area contributed by atoms with Crippen LogP contribution in [0.3, 0.4) is 0 Å². The van der Waals surface area contributed by atoms with Crippen molar-refractivity contribution in [2.45, 2.75) is 25.1 Å². The fourth-order valence-electron chi connectivity index (χ4n) is 2.17. The van der Waals surface area contributed by atoms with E-state index in [4.69, 9.17) is 5.73 Å². The first-order chi connectivity index (χ1) is 6.92. The highest BCUT2D eigenvalue weighted by molar-refractivity contribution is 7.93. The van der Waals surface area contributed by atoms with Crippen molar-refractivity contribution in [1.82, 2.24) is 0 Å². The molecular weight excluding hydrogens is 210 g/mol. The van der Waals surface area contributed by atoms with Gasteiger partial charge in [0.1, 0.15) is 5.25 Å². The topological polar surface area (TPSA) is 60.2 Å². The number of nitrogens with two attached hydrogens (primary N) is 1. The summed E-state index contributed by atoms with van der Waals surface area (Å²) in [5.41, 5.74) is 8.77. The van der Waals surface area contributed by atoms with Gasteiger partial charge in [0.05, 0.1) is 5.75 Å². The lowest BCUT2D eigenvalue weighted by atomic mass is 9.99. The maximum Gasteiger partial charge on any atom is 0.160 e. The highest BCUT2D eigenvalue weighted by Crippen LogP contribution is 2.37. The number of aryl methyl sites for hydroxylation is 2. The molecule has 0 spiro atoms. The van der Waals surface area contributed by atoms with Crippen LogP contribution in [0, 0.1) is 13.8 Å². The van der Waals surface area contributed by atoms with Gasteiger partial charge in [-0.15, -0.1) is 0 Å². The van der Waals surface area contributed by atoms with E-state index in [1.807, 2.05) is 32.0 Å². The van der Waals surface area contributed by atoms with Crippen molar-refractivity contribution in [1.29, 1.82) is 0 Å². The largest absolute Gasteiger partial charge is 0.325 e. The van der Waals surface area contributed by atoms with Crippen molar-refractivity contribution in [3.05, 3.63) is 34.9 Å². The van der Waals surface area contributed by atoms with E-state index in [2.05, 4.69) is 0 Å². The van der Waals surface area contributed by atoms with Crippen LogP contribution in [0.4, 0.5) is 0 Å². The highest BCUT2D eigenvalue weighted by Gasteiger charge is 2.45. The second-order valence-electron chi connectivity index (χ2n) is 4.27. The molecule has 2 atom stereocenters. The van der Waals surface area contributed by atoms with E-state index < -0.39 is 15.1 Å². The van der Waals surface area contributed by atoms with Crippen molar-refractivity contribution in [3.63, 3.8) is 0 Å². The quantitative estimate of drug-likeness (QED) is 0.778. The summed E-state index contributed by atoms with van der Waals surface area (Å²) in [5, 5.41) is -0.488. The average molecular weight is 225 g/mol. The molecule has 0 bridgehead atoms. The van der Waals surface area contributed by atoms with E-state index in [-0.39, 0.29) is 11.8 Å². The molecule has 3 nitrogen and oxygen atoms in total. The van der Waals surface area contributed by atoms with Gasteiger partial charge in [-0.25, -0.2) is 8.42 Å². The Morgan fingerprint density at radius 3 is 2.47 bits per heavy atom. The molecule has 0 amide bonds. The summed E-state index contributed by atoms with van der Waals surface area (Å²) in [4.78, 5) is 0. The van der Waals surface area contributed by atoms with Crippen molar-refractivity contribution in [2.75, 3.05) is 5.75 Å². The molecule has 1 aliphatic rings. The molecule has 1 saturated heterocycles. The summed E-state index contributed by atoms with van der Waals surface area (Å²) < 4.78 is 23.2. The molecule has 1 aromatic rings.